The minimum atomic E-state index is -0.106. The number of rotatable bonds is 6. The molecule has 6 heteroatoms. The fourth-order valence-electron chi connectivity index (χ4n) is 1.95. The molecule has 2 aromatic heterocycles. The standard InChI is InChI=1S/C16H21N5O/c1-11(2)14-10-15(21-12(3)20-14)18-8-9-19-16(22)13-4-6-17-7-5-13/h4-7,10-11H,8-9H2,1-3H3,(H,19,22)(H,18,20,21). The molecule has 2 rings (SSSR count). The number of anilines is 1. The molecule has 116 valence electrons. The number of nitrogens with one attached hydrogen (secondary N) is 2. The predicted octanol–water partition coefficient (Wildman–Crippen LogP) is 2.15. The molecule has 2 heterocycles. The monoisotopic (exact) mass is 299 g/mol. The smallest absolute Gasteiger partial charge is 0.251 e. The summed E-state index contributed by atoms with van der Waals surface area (Å²) in [5, 5.41) is 6.06. The van der Waals surface area contributed by atoms with Gasteiger partial charge in [-0.1, -0.05) is 13.8 Å². The minimum Gasteiger partial charge on any atom is -0.368 e. The highest BCUT2D eigenvalue weighted by molar-refractivity contribution is 5.93. The SMILES string of the molecule is Cc1nc(NCCNC(=O)c2ccncc2)cc(C(C)C)n1. The highest BCUT2D eigenvalue weighted by atomic mass is 16.1. The molecule has 22 heavy (non-hydrogen) atoms. The van der Waals surface area contributed by atoms with E-state index in [1.54, 1.807) is 24.5 Å². The Hall–Kier alpha value is -2.50. The van der Waals surface area contributed by atoms with Gasteiger partial charge in [0.15, 0.2) is 0 Å². The van der Waals surface area contributed by atoms with E-state index in [2.05, 4.69) is 39.4 Å². The Balaban J connectivity index is 1.83. The van der Waals surface area contributed by atoms with Gasteiger partial charge in [0.25, 0.3) is 5.91 Å². The quantitative estimate of drug-likeness (QED) is 0.799. The first-order chi connectivity index (χ1) is 10.6. The molecular weight excluding hydrogens is 278 g/mol. The maximum absolute atomic E-state index is 11.9. The summed E-state index contributed by atoms with van der Waals surface area (Å²) in [6.07, 6.45) is 3.20. The molecule has 0 saturated heterocycles. The Bertz CT molecular complexity index is 628. The van der Waals surface area contributed by atoms with Gasteiger partial charge in [-0.2, -0.15) is 0 Å². The topological polar surface area (TPSA) is 79.8 Å². The van der Waals surface area contributed by atoms with E-state index in [1.807, 2.05) is 13.0 Å². The van der Waals surface area contributed by atoms with Crippen LogP contribution in [0.1, 0.15) is 41.6 Å². The second-order valence-electron chi connectivity index (χ2n) is 5.30. The van der Waals surface area contributed by atoms with Gasteiger partial charge in [-0.3, -0.25) is 9.78 Å². The van der Waals surface area contributed by atoms with Crippen LogP contribution in [-0.4, -0.2) is 33.9 Å². The third kappa shape index (κ3) is 4.51. The van der Waals surface area contributed by atoms with E-state index in [9.17, 15) is 4.79 Å². The van der Waals surface area contributed by atoms with E-state index >= 15 is 0 Å². The van der Waals surface area contributed by atoms with Crippen molar-refractivity contribution in [3.63, 3.8) is 0 Å². The zero-order chi connectivity index (χ0) is 15.9. The number of carbonyl (C=O) groups is 1. The van der Waals surface area contributed by atoms with Gasteiger partial charge in [0, 0.05) is 42.8 Å². The van der Waals surface area contributed by atoms with Crippen molar-refractivity contribution in [1.29, 1.82) is 0 Å². The van der Waals surface area contributed by atoms with E-state index in [-0.39, 0.29) is 5.91 Å². The van der Waals surface area contributed by atoms with E-state index in [4.69, 9.17) is 0 Å². The fourth-order valence-corrected chi connectivity index (χ4v) is 1.95. The first kappa shape index (κ1) is 15.9. The van der Waals surface area contributed by atoms with Gasteiger partial charge in [-0.15, -0.1) is 0 Å². The van der Waals surface area contributed by atoms with Gasteiger partial charge in [-0.25, -0.2) is 9.97 Å². The van der Waals surface area contributed by atoms with Gasteiger partial charge in [-0.05, 0) is 25.0 Å². The van der Waals surface area contributed by atoms with Crippen LogP contribution in [0.4, 0.5) is 5.82 Å². The molecule has 0 aliphatic carbocycles. The average Bonchev–Trinajstić information content (AvgIpc) is 2.51. The molecule has 0 radical (unpaired) electrons. The first-order valence-electron chi connectivity index (χ1n) is 7.34. The van der Waals surface area contributed by atoms with E-state index < -0.39 is 0 Å². The van der Waals surface area contributed by atoms with Crippen LogP contribution in [0, 0.1) is 6.92 Å². The van der Waals surface area contributed by atoms with Gasteiger partial charge in [0.2, 0.25) is 0 Å². The molecule has 0 aliphatic heterocycles. The van der Waals surface area contributed by atoms with Crippen molar-refractivity contribution in [1.82, 2.24) is 20.3 Å². The number of hydrogen-bond donors (Lipinski definition) is 2. The summed E-state index contributed by atoms with van der Waals surface area (Å²) in [6, 6.07) is 5.32. The molecule has 0 spiro atoms. The molecule has 0 unspecified atom stereocenters. The lowest BCUT2D eigenvalue weighted by atomic mass is 10.1. The summed E-state index contributed by atoms with van der Waals surface area (Å²) < 4.78 is 0. The molecular formula is C16H21N5O. The lowest BCUT2D eigenvalue weighted by Crippen LogP contribution is -2.29. The number of pyridine rings is 1. The van der Waals surface area contributed by atoms with Gasteiger partial charge in [0.05, 0.1) is 0 Å². The molecule has 2 aromatic rings. The molecule has 0 aromatic carbocycles. The summed E-state index contributed by atoms with van der Waals surface area (Å²) in [6.45, 7) is 7.19. The van der Waals surface area contributed by atoms with Crippen molar-refractivity contribution in [2.75, 3.05) is 18.4 Å². The number of carbonyl (C=O) groups excluding carboxylic acids is 1. The highest BCUT2D eigenvalue weighted by Gasteiger charge is 2.06. The molecule has 2 N–H and O–H groups in total. The zero-order valence-corrected chi connectivity index (χ0v) is 13.1. The minimum absolute atomic E-state index is 0.106. The summed E-state index contributed by atoms with van der Waals surface area (Å²) in [4.78, 5) is 24.5. The second kappa shape index (κ2) is 7.49. The van der Waals surface area contributed by atoms with Crippen LogP contribution < -0.4 is 10.6 Å². The normalized spacial score (nSPS) is 10.5. The maximum Gasteiger partial charge on any atom is 0.251 e. The summed E-state index contributed by atoms with van der Waals surface area (Å²) in [5.41, 5.74) is 1.62. The molecule has 0 saturated carbocycles. The maximum atomic E-state index is 11.9. The number of aryl methyl sites for hydroxylation is 1. The van der Waals surface area contributed by atoms with E-state index in [0.717, 1.165) is 17.3 Å². The third-order valence-corrected chi connectivity index (χ3v) is 3.11. The second-order valence-corrected chi connectivity index (χ2v) is 5.30. The molecule has 0 bridgehead atoms. The van der Waals surface area contributed by atoms with Crippen molar-refractivity contribution in [2.24, 2.45) is 0 Å². The van der Waals surface area contributed by atoms with E-state index in [0.29, 0.717) is 24.6 Å². The summed E-state index contributed by atoms with van der Waals surface area (Å²) in [7, 11) is 0. The first-order valence-corrected chi connectivity index (χ1v) is 7.34. The van der Waals surface area contributed by atoms with Crippen molar-refractivity contribution in [3.05, 3.63) is 47.7 Å². The number of hydrogen-bond acceptors (Lipinski definition) is 5. The Morgan fingerprint density at radius 3 is 2.59 bits per heavy atom. The lowest BCUT2D eigenvalue weighted by molar-refractivity contribution is 0.0955. The Morgan fingerprint density at radius 2 is 1.91 bits per heavy atom. The van der Waals surface area contributed by atoms with Crippen LogP contribution in [0.5, 0.6) is 0 Å². The molecule has 1 amide bonds. The largest absolute Gasteiger partial charge is 0.368 e. The van der Waals surface area contributed by atoms with E-state index in [1.165, 1.54) is 0 Å². The third-order valence-electron chi connectivity index (χ3n) is 3.11. The number of amides is 1. The fraction of sp³-hybridized carbons (Fsp3) is 0.375. The van der Waals surface area contributed by atoms with Gasteiger partial charge >= 0.3 is 0 Å². The molecule has 0 atom stereocenters. The molecule has 0 fully saturated rings. The van der Waals surface area contributed by atoms with Crippen molar-refractivity contribution in [2.45, 2.75) is 26.7 Å². The molecule has 6 nitrogen and oxygen atoms in total. The van der Waals surface area contributed by atoms with Crippen LogP contribution in [-0.2, 0) is 0 Å². The molecule has 0 aliphatic rings. The van der Waals surface area contributed by atoms with Crippen LogP contribution in [0.3, 0.4) is 0 Å². The van der Waals surface area contributed by atoms with Crippen molar-refractivity contribution >= 4 is 11.7 Å². The van der Waals surface area contributed by atoms with Crippen molar-refractivity contribution < 1.29 is 4.79 Å². The van der Waals surface area contributed by atoms with Gasteiger partial charge in [0.1, 0.15) is 11.6 Å². The Labute approximate surface area is 130 Å². The van der Waals surface area contributed by atoms with Crippen LogP contribution in [0.25, 0.3) is 0 Å². The van der Waals surface area contributed by atoms with Crippen LogP contribution in [0.15, 0.2) is 30.6 Å². The zero-order valence-electron chi connectivity index (χ0n) is 13.1. The van der Waals surface area contributed by atoms with Crippen LogP contribution in [0.2, 0.25) is 0 Å². The summed E-state index contributed by atoms with van der Waals surface area (Å²) in [5.74, 6) is 1.78. The summed E-state index contributed by atoms with van der Waals surface area (Å²) >= 11 is 0. The number of aromatic nitrogens is 3. The highest BCUT2D eigenvalue weighted by Crippen LogP contribution is 2.14. The average molecular weight is 299 g/mol. The Kier molecular flexibility index (Phi) is 5.41. The van der Waals surface area contributed by atoms with Crippen molar-refractivity contribution in [3.8, 4) is 0 Å². The Morgan fingerprint density at radius 1 is 1.18 bits per heavy atom. The lowest BCUT2D eigenvalue weighted by Gasteiger charge is -2.11. The predicted molar refractivity (Wildman–Crippen MR) is 85.9 cm³/mol. The number of nitrogens with zero attached hydrogens (tertiary/aromatic N) is 3. The van der Waals surface area contributed by atoms with Crippen LogP contribution >= 0.6 is 0 Å². The van der Waals surface area contributed by atoms with Gasteiger partial charge < -0.3 is 10.6 Å².